The highest BCUT2D eigenvalue weighted by atomic mass is 79.9. The third-order valence-corrected chi connectivity index (χ3v) is 2.63. The Labute approximate surface area is 101 Å². The molecule has 5 nitrogen and oxygen atoms in total. The smallest absolute Gasteiger partial charge is 0.320 e. The molecule has 0 bridgehead atoms. The van der Waals surface area contributed by atoms with Gasteiger partial charge in [-0.25, -0.2) is 0 Å². The predicted octanol–water partition coefficient (Wildman–Crippen LogP) is 2.08. The summed E-state index contributed by atoms with van der Waals surface area (Å²) in [5, 5.41) is 10.7. The lowest BCUT2D eigenvalue weighted by molar-refractivity contribution is 0.510. The molecule has 16 heavy (non-hydrogen) atoms. The molecule has 0 spiro atoms. The van der Waals surface area contributed by atoms with E-state index in [1.807, 2.05) is 24.3 Å². The zero-order valence-electron chi connectivity index (χ0n) is 8.48. The lowest BCUT2D eigenvalue weighted by Gasteiger charge is -2.02. The summed E-state index contributed by atoms with van der Waals surface area (Å²) < 4.78 is 6.29. The fraction of sp³-hybridized carbons (Fsp3) is 0.200. The fourth-order valence-corrected chi connectivity index (χ4v) is 1.59. The van der Waals surface area contributed by atoms with Crippen molar-refractivity contribution in [2.24, 2.45) is 5.73 Å². The van der Waals surface area contributed by atoms with Gasteiger partial charge >= 0.3 is 6.01 Å². The van der Waals surface area contributed by atoms with Crippen LogP contribution in [0.1, 0.15) is 5.89 Å². The van der Waals surface area contributed by atoms with Crippen molar-refractivity contribution in [3.05, 3.63) is 34.6 Å². The molecular formula is C10H11BrN4O. The molecule has 0 aliphatic rings. The van der Waals surface area contributed by atoms with E-state index in [1.165, 1.54) is 0 Å². The largest absolute Gasteiger partial charge is 0.408 e. The number of para-hydroxylation sites is 1. The summed E-state index contributed by atoms with van der Waals surface area (Å²) >= 11 is 3.42. The molecule has 0 saturated carbocycles. The van der Waals surface area contributed by atoms with Crippen molar-refractivity contribution < 1.29 is 4.42 Å². The fourth-order valence-electron chi connectivity index (χ4n) is 1.21. The summed E-state index contributed by atoms with van der Waals surface area (Å²) in [6.07, 6.45) is 0.588. The highest BCUT2D eigenvalue weighted by Gasteiger charge is 2.06. The van der Waals surface area contributed by atoms with Gasteiger partial charge in [0.05, 0.1) is 5.69 Å². The van der Waals surface area contributed by atoms with E-state index in [4.69, 9.17) is 10.2 Å². The van der Waals surface area contributed by atoms with E-state index in [0.29, 0.717) is 24.9 Å². The average molecular weight is 283 g/mol. The molecule has 0 amide bonds. The van der Waals surface area contributed by atoms with Crippen molar-refractivity contribution in [3.63, 3.8) is 0 Å². The number of benzene rings is 1. The van der Waals surface area contributed by atoms with Gasteiger partial charge in [0.1, 0.15) is 0 Å². The lowest BCUT2D eigenvalue weighted by atomic mass is 10.3. The van der Waals surface area contributed by atoms with Crippen LogP contribution in [-0.4, -0.2) is 16.7 Å². The molecule has 0 unspecified atom stereocenters. The molecule has 1 heterocycles. The van der Waals surface area contributed by atoms with Crippen molar-refractivity contribution in [2.75, 3.05) is 11.9 Å². The minimum Gasteiger partial charge on any atom is -0.408 e. The Morgan fingerprint density at radius 2 is 2.12 bits per heavy atom. The Hall–Kier alpha value is -1.40. The van der Waals surface area contributed by atoms with E-state index in [-0.39, 0.29) is 0 Å². The third-order valence-electron chi connectivity index (χ3n) is 1.94. The maximum Gasteiger partial charge on any atom is 0.320 e. The third kappa shape index (κ3) is 2.59. The molecule has 6 heteroatoms. The monoisotopic (exact) mass is 282 g/mol. The summed E-state index contributed by atoms with van der Waals surface area (Å²) in [5.74, 6) is 0.539. The van der Waals surface area contributed by atoms with Crippen LogP contribution in [0, 0.1) is 0 Å². The van der Waals surface area contributed by atoms with Gasteiger partial charge in [0.15, 0.2) is 0 Å². The molecule has 2 aromatic rings. The van der Waals surface area contributed by atoms with Gasteiger partial charge in [-0.3, -0.25) is 0 Å². The molecular weight excluding hydrogens is 272 g/mol. The molecule has 2 rings (SSSR count). The maximum absolute atomic E-state index is 5.39. The van der Waals surface area contributed by atoms with Crippen LogP contribution < -0.4 is 11.1 Å². The first-order valence-electron chi connectivity index (χ1n) is 4.83. The van der Waals surface area contributed by atoms with E-state index in [2.05, 4.69) is 31.4 Å². The number of aromatic nitrogens is 2. The number of halogens is 1. The van der Waals surface area contributed by atoms with Gasteiger partial charge in [-0.2, -0.15) is 0 Å². The van der Waals surface area contributed by atoms with E-state index in [0.717, 1.165) is 10.2 Å². The van der Waals surface area contributed by atoms with Crippen LogP contribution in [0.2, 0.25) is 0 Å². The van der Waals surface area contributed by atoms with Gasteiger partial charge < -0.3 is 15.5 Å². The summed E-state index contributed by atoms with van der Waals surface area (Å²) in [6, 6.07) is 8.07. The molecule has 0 aliphatic heterocycles. The Balaban J connectivity index is 2.11. The van der Waals surface area contributed by atoms with Crippen molar-refractivity contribution in [3.8, 4) is 0 Å². The number of anilines is 2. The second-order valence-corrected chi connectivity index (χ2v) is 4.00. The Morgan fingerprint density at radius 1 is 1.31 bits per heavy atom. The van der Waals surface area contributed by atoms with Gasteiger partial charge in [0.25, 0.3) is 0 Å². The van der Waals surface area contributed by atoms with Crippen molar-refractivity contribution in [1.29, 1.82) is 0 Å². The quantitative estimate of drug-likeness (QED) is 0.898. The Bertz CT molecular complexity index is 471. The van der Waals surface area contributed by atoms with Gasteiger partial charge in [-0.1, -0.05) is 17.2 Å². The van der Waals surface area contributed by atoms with Gasteiger partial charge in [-0.15, -0.1) is 5.10 Å². The van der Waals surface area contributed by atoms with E-state index >= 15 is 0 Å². The first-order chi connectivity index (χ1) is 7.79. The van der Waals surface area contributed by atoms with E-state index < -0.39 is 0 Å². The Kier molecular flexibility index (Phi) is 3.53. The molecule has 3 N–H and O–H groups in total. The van der Waals surface area contributed by atoms with Crippen molar-refractivity contribution >= 4 is 27.6 Å². The van der Waals surface area contributed by atoms with Crippen LogP contribution in [0.5, 0.6) is 0 Å². The molecule has 0 radical (unpaired) electrons. The molecule has 0 fully saturated rings. The summed E-state index contributed by atoms with van der Waals surface area (Å²) in [7, 11) is 0. The summed E-state index contributed by atoms with van der Waals surface area (Å²) in [4.78, 5) is 0. The van der Waals surface area contributed by atoms with Crippen LogP contribution in [-0.2, 0) is 6.42 Å². The molecule has 0 saturated heterocycles. The van der Waals surface area contributed by atoms with E-state index in [9.17, 15) is 0 Å². The number of rotatable bonds is 4. The molecule has 1 aromatic carbocycles. The molecule has 0 atom stereocenters. The second kappa shape index (κ2) is 5.09. The number of hydrogen-bond donors (Lipinski definition) is 2. The zero-order chi connectivity index (χ0) is 11.4. The second-order valence-electron chi connectivity index (χ2n) is 3.14. The minimum absolute atomic E-state index is 0.371. The number of nitrogens with one attached hydrogen (secondary N) is 1. The van der Waals surface area contributed by atoms with Crippen LogP contribution in [0.4, 0.5) is 11.7 Å². The summed E-state index contributed by atoms with van der Waals surface area (Å²) in [5.41, 5.74) is 6.27. The van der Waals surface area contributed by atoms with Gasteiger partial charge in [-0.05, 0) is 28.1 Å². The van der Waals surface area contributed by atoms with Crippen LogP contribution in [0.15, 0.2) is 33.2 Å². The molecule has 84 valence electrons. The average Bonchev–Trinajstić information content (AvgIpc) is 2.70. The van der Waals surface area contributed by atoms with Crippen molar-refractivity contribution in [2.45, 2.75) is 6.42 Å². The highest BCUT2D eigenvalue weighted by molar-refractivity contribution is 9.10. The van der Waals surface area contributed by atoms with Crippen LogP contribution >= 0.6 is 15.9 Å². The standard InChI is InChI=1S/C10H11BrN4O/c11-7-3-1-2-4-8(7)13-10-15-14-9(16-10)5-6-12/h1-4H,5-6,12H2,(H,13,15). The number of nitrogens with two attached hydrogens (primary N) is 1. The van der Waals surface area contributed by atoms with Crippen molar-refractivity contribution in [1.82, 2.24) is 10.2 Å². The van der Waals surface area contributed by atoms with Gasteiger partial charge in [0, 0.05) is 17.4 Å². The lowest BCUT2D eigenvalue weighted by Crippen LogP contribution is -2.02. The molecule has 1 aromatic heterocycles. The first kappa shape index (κ1) is 11.1. The number of nitrogens with zero attached hydrogens (tertiary/aromatic N) is 2. The normalized spacial score (nSPS) is 10.4. The minimum atomic E-state index is 0.371. The highest BCUT2D eigenvalue weighted by Crippen LogP contribution is 2.24. The zero-order valence-corrected chi connectivity index (χ0v) is 10.1. The first-order valence-corrected chi connectivity index (χ1v) is 5.63. The van der Waals surface area contributed by atoms with Gasteiger partial charge in [0.2, 0.25) is 5.89 Å². The van der Waals surface area contributed by atoms with Crippen LogP contribution in [0.3, 0.4) is 0 Å². The molecule has 0 aliphatic carbocycles. The SMILES string of the molecule is NCCc1nnc(Nc2ccccc2Br)o1. The van der Waals surface area contributed by atoms with E-state index in [1.54, 1.807) is 0 Å². The summed E-state index contributed by atoms with van der Waals surface area (Å²) in [6.45, 7) is 0.497. The van der Waals surface area contributed by atoms with Crippen LogP contribution in [0.25, 0.3) is 0 Å². The topological polar surface area (TPSA) is 77.0 Å². The number of hydrogen-bond acceptors (Lipinski definition) is 5. The maximum atomic E-state index is 5.39. The Morgan fingerprint density at radius 3 is 2.88 bits per heavy atom. The predicted molar refractivity (Wildman–Crippen MR) is 64.5 cm³/mol.